The second kappa shape index (κ2) is 10.9. The van der Waals surface area contributed by atoms with Gasteiger partial charge < -0.3 is 20.4 Å². The summed E-state index contributed by atoms with van der Waals surface area (Å²) in [5, 5.41) is 5.97. The van der Waals surface area contributed by atoms with Gasteiger partial charge in [-0.25, -0.2) is 0 Å². The van der Waals surface area contributed by atoms with E-state index in [0.717, 1.165) is 51.0 Å². The van der Waals surface area contributed by atoms with Crippen LogP contribution < -0.4 is 10.6 Å². The number of carbonyl (C=O) groups is 2. The molecule has 2 heterocycles. The van der Waals surface area contributed by atoms with Crippen molar-refractivity contribution in [2.24, 2.45) is 5.92 Å². The maximum atomic E-state index is 13.8. The fraction of sp³-hybridized carbons (Fsp3) is 0.481. The SMILES string of the molecule is CN[C@@H](C)C(=O)N[C@H](C(=O)N1CC[C@H]2CCN(CCc3ccccc3)C[C@H]21)c1ccccc1. The molecular weight excluding hydrogens is 412 g/mol. The van der Waals surface area contributed by atoms with Crippen molar-refractivity contribution < 1.29 is 9.59 Å². The lowest BCUT2D eigenvalue weighted by molar-refractivity contribution is -0.138. The van der Waals surface area contributed by atoms with Crippen molar-refractivity contribution in [3.63, 3.8) is 0 Å². The van der Waals surface area contributed by atoms with Crippen LogP contribution in [0.2, 0.25) is 0 Å². The third-order valence-electron chi connectivity index (χ3n) is 7.28. The molecule has 0 spiro atoms. The molecular formula is C27H36N4O2. The molecule has 176 valence electrons. The first kappa shape index (κ1) is 23.5. The van der Waals surface area contributed by atoms with Crippen LogP contribution in [0.25, 0.3) is 0 Å². The predicted molar refractivity (Wildman–Crippen MR) is 131 cm³/mol. The van der Waals surface area contributed by atoms with Crippen LogP contribution in [0.5, 0.6) is 0 Å². The highest BCUT2D eigenvalue weighted by molar-refractivity contribution is 5.90. The fourth-order valence-electron chi connectivity index (χ4n) is 5.11. The van der Waals surface area contributed by atoms with E-state index in [0.29, 0.717) is 5.92 Å². The molecule has 0 radical (unpaired) electrons. The van der Waals surface area contributed by atoms with Gasteiger partial charge in [0, 0.05) is 25.7 Å². The van der Waals surface area contributed by atoms with Crippen molar-refractivity contribution in [1.82, 2.24) is 20.4 Å². The normalized spacial score (nSPS) is 22.4. The predicted octanol–water partition coefficient (Wildman–Crippen LogP) is 2.62. The first-order valence-corrected chi connectivity index (χ1v) is 12.2. The van der Waals surface area contributed by atoms with Crippen molar-refractivity contribution in [3.8, 4) is 0 Å². The number of likely N-dealkylation sites (tertiary alicyclic amines) is 2. The van der Waals surface area contributed by atoms with Gasteiger partial charge in [0.1, 0.15) is 6.04 Å². The number of fused-ring (bicyclic) bond motifs is 1. The molecule has 2 aromatic carbocycles. The van der Waals surface area contributed by atoms with Gasteiger partial charge in [-0.15, -0.1) is 0 Å². The van der Waals surface area contributed by atoms with Gasteiger partial charge in [-0.2, -0.15) is 0 Å². The summed E-state index contributed by atoms with van der Waals surface area (Å²) < 4.78 is 0. The zero-order valence-corrected chi connectivity index (χ0v) is 19.7. The zero-order chi connectivity index (χ0) is 23.2. The summed E-state index contributed by atoms with van der Waals surface area (Å²) in [5.41, 5.74) is 2.18. The van der Waals surface area contributed by atoms with E-state index in [9.17, 15) is 9.59 Å². The van der Waals surface area contributed by atoms with Crippen molar-refractivity contribution in [1.29, 1.82) is 0 Å². The summed E-state index contributed by atoms with van der Waals surface area (Å²) in [6.07, 6.45) is 3.20. The minimum atomic E-state index is -0.659. The number of likely N-dealkylation sites (N-methyl/N-ethyl adjacent to an activating group) is 1. The van der Waals surface area contributed by atoms with Crippen LogP contribution in [0.3, 0.4) is 0 Å². The van der Waals surface area contributed by atoms with E-state index in [1.807, 2.05) is 35.2 Å². The largest absolute Gasteiger partial charge is 0.339 e. The summed E-state index contributed by atoms with van der Waals surface area (Å²) in [6.45, 7) is 5.58. The molecule has 0 bridgehead atoms. The molecule has 0 unspecified atom stereocenters. The van der Waals surface area contributed by atoms with Crippen molar-refractivity contribution >= 4 is 11.8 Å². The van der Waals surface area contributed by atoms with Gasteiger partial charge in [0.25, 0.3) is 0 Å². The number of amides is 2. The number of carbonyl (C=O) groups excluding carboxylic acids is 2. The van der Waals surface area contributed by atoms with E-state index in [4.69, 9.17) is 0 Å². The molecule has 0 aromatic heterocycles. The van der Waals surface area contributed by atoms with E-state index < -0.39 is 6.04 Å². The van der Waals surface area contributed by atoms with Gasteiger partial charge in [0.05, 0.1) is 6.04 Å². The standard InChI is InChI=1S/C27H36N4O2/c1-20(28-2)26(32)29-25(23-11-7-4-8-12-23)27(33)31-18-15-22-14-17-30(19-24(22)31)16-13-21-9-5-3-6-10-21/h3-12,20,22,24-25,28H,13-19H2,1-2H3,(H,29,32)/t20-,22+,24+,25-/m0/s1. The number of piperidine rings is 1. The number of nitrogens with one attached hydrogen (secondary N) is 2. The second-order valence-corrected chi connectivity index (χ2v) is 9.34. The summed E-state index contributed by atoms with van der Waals surface area (Å²) in [5.74, 6) is 0.393. The Morgan fingerprint density at radius 1 is 1.00 bits per heavy atom. The first-order valence-electron chi connectivity index (χ1n) is 12.2. The Balaban J connectivity index is 1.46. The van der Waals surface area contributed by atoms with Crippen molar-refractivity contribution in [3.05, 3.63) is 71.8 Å². The molecule has 2 saturated heterocycles. The number of rotatable bonds is 8. The molecule has 2 fully saturated rings. The number of hydrogen-bond donors (Lipinski definition) is 2. The minimum Gasteiger partial charge on any atom is -0.339 e. The molecule has 4 atom stereocenters. The molecule has 2 aromatic rings. The lowest BCUT2D eigenvalue weighted by atomic mass is 9.91. The minimum absolute atomic E-state index is 0.00950. The fourth-order valence-corrected chi connectivity index (χ4v) is 5.11. The Bertz CT molecular complexity index is 920. The number of nitrogens with zero attached hydrogens (tertiary/aromatic N) is 2. The Morgan fingerprint density at radius 2 is 1.67 bits per heavy atom. The molecule has 2 aliphatic heterocycles. The third-order valence-corrected chi connectivity index (χ3v) is 7.28. The van der Waals surface area contributed by atoms with Gasteiger partial charge in [-0.1, -0.05) is 60.7 Å². The van der Waals surface area contributed by atoms with Crippen LogP contribution in [0, 0.1) is 5.92 Å². The molecule has 6 nitrogen and oxygen atoms in total. The second-order valence-electron chi connectivity index (χ2n) is 9.34. The maximum Gasteiger partial charge on any atom is 0.250 e. The van der Waals surface area contributed by atoms with Crippen molar-refractivity contribution in [2.45, 2.75) is 44.3 Å². The van der Waals surface area contributed by atoms with Crippen LogP contribution >= 0.6 is 0 Å². The summed E-state index contributed by atoms with van der Waals surface area (Å²) in [6, 6.07) is 19.4. The average molecular weight is 449 g/mol. The van der Waals surface area contributed by atoms with Crippen LogP contribution in [0.1, 0.15) is 36.9 Å². The lowest BCUT2D eigenvalue weighted by Gasteiger charge is -2.39. The number of hydrogen-bond acceptors (Lipinski definition) is 4. The summed E-state index contributed by atoms with van der Waals surface area (Å²) in [7, 11) is 1.75. The van der Waals surface area contributed by atoms with Crippen LogP contribution in [0.15, 0.2) is 60.7 Å². The summed E-state index contributed by atoms with van der Waals surface area (Å²) in [4.78, 5) is 31.0. The van der Waals surface area contributed by atoms with Crippen LogP contribution in [-0.4, -0.2) is 66.9 Å². The molecule has 33 heavy (non-hydrogen) atoms. The highest BCUT2D eigenvalue weighted by Crippen LogP contribution is 2.33. The van der Waals surface area contributed by atoms with Gasteiger partial charge >= 0.3 is 0 Å². The Kier molecular flexibility index (Phi) is 7.78. The molecule has 0 aliphatic carbocycles. The first-order chi connectivity index (χ1) is 16.1. The third kappa shape index (κ3) is 5.63. The molecule has 2 aliphatic rings. The molecule has 2 N–H and O–H groups in total. The average Bonchev–Trinajstić information content (AvgIpc) is 3.29. The monoisotopic (exact) mass is 448 g/mol. The molecule has 6 heteroatoms. The quantitative estimate of drug-likeness (QED) is 0.652. The van der Waals surface area contributed by atoms with Crippen LogP contribution in [-0.2, 0) is 16.0 Å². The molecule has 0 saturated carbocycles. The van der Waals surface area contributed by atoms with E-state index in [-0.39, 0.29) is 23.9 Å². The van der Waals surface area contributed by atoms with Gasteiger partial charge in [0.2, 0.25) is 11.8 Å². The summed E-state index contributed by atoms with van der Waals surface area (Å²) >= 11 is 0. The van der Waals surface area contributed by atoms with E-state index >= 15 is 0 Å². The Morgan fingerprint density at radius 3 is 2.36 bits per heavy atom. The van der Waals surface area contributed by atoms with Crippen LogP contribution in [0.4, 0.5) is 0 Å². The topological polar surface area (TPSA) is 64.7 Å². The van der Waals surface area contributed by atoms with Gasteiger partial charge in [-0.05, 0) is 56.8 Å². The molecule has 4 rings (SSSR count). The van der Waals surface area contributed by atoms with E-state index in [1.165, 1.54) is 5.56 Å². The Hall–Kier alpha value is -2.70. The van der Waals surface area contributed by atoms with E-state index in [1.54, 1.807) is 14.0 Å². The van der Waals surface area contributed by atoms with E-state index in [2.05, 4.69) is 45.9 Å². The smallest absolute Gasteiger partial charge is 0.250 e. The highest BCUT2D eigenvalue weighted by Gasteiger charge is 2.42. The zero-order valence-electron chi connectivity index (χ0n) is 19.7. The maximum absolute atomic E-state index is 13.8. The Labute approximate surface area is 197 Å². The highest BCUT2D eigenvalue weighted by atomic mass is 16.2. The lowest BCUT2D eigenvalue weighted by Crippen LogP contribution is -2.53. The van der Waals surface area contributed by atoms with Gasteiger partial charge in [0.15, 0.2) is 0 Å². The molecule has 2 amide bonds. The van der Waals surface area contributed by atoms with Gasteiger partial charge in [-0.3, -0.25) is 9.59 Å². The number of benzene rings is 2. The van der Waals surface area contributed by atoms with Crippen molar-refractivity contribution in [2.75, 3.05) is 33.2 Å².